The number of aryl methyl sites for hydroxylation is 1. The summed E-state index contributed by atoms with van der Waals surface area (Å²) in [6, 6.07) is -0.335. The Labute approximate surface area is 84.7 Å². The van der Waals surface area contributed by atoms with Crippen molar-refractivity contribution >= 4 is 0 Å². The Kier molecular flexibility index (Phi) is 2.97. The van der Waals surface area contributed by atoms with Crippen LogP contribution in [0.2, 0.25) is 0 Å². The summed E-state index contributed by atoms with van der Waals surface area (Å²) in [6.45, 7) is 6.21. The van der Waals surface area contributed by atoms with Gasteiger partial charge in [-0.25, -0.2) is 0 Å². The molecule has 1 aromatic heterocycles. The lowest BCUT2D eigenvalue weighted by atomic mass is 9.88. The maximum Gasteiger partial charge on any atom is 0.0726 e. The smallest absolute Gasteiger partial charge is 0.0726 e. The van der Waals surface area contributed by atoms with Crippen molar-refractivity contribution in [2.24, 2.45) is 12.8 Å². The van der Waals surface area contributed by atoms with Crippen LogP contribution in [0.4, 0.5) is 0 Å². The summed E-state index contributed by atoms with van der Waals surface area (Å²) in [4.78, 5) is 0. The van der Waals surface area contributed by atoms with Crippen LogP contribution in [0.15, 0.2) is 6.20 Å². The van der Waals surface area contributed by atoms with Gasteiger partial charge in [-0.15, -0.1) is 0 Å². The summed E-state index contributed by atoms with van der Waals surface area (Å²) >= 11 is 0. The van der Waals surface area contributed by atoms with Gasteiger partial charge in [0.05, 0.1) is 18.3 Å². The van der Waals surface area contributed by atoms with E-state index in [0.717, 1.165) is 11.3 Å². The van der Waals surface area contributed by atoms with Gasteiger partial charge in [0.15, 0.2) is 0 Å². The molecule has 0 aromatic carbocycles. The van der Waals surface area contributed by atoms with Gasteiger partial charge < -0.3 is 10.8 Å². The van der Waals surface area contributed by atoms with Crippen LogP contribution in [0.1, 0.15) is 38.1 Å². The summed E-state index contributed by atoms with van der Waals surface area (Å²) in [6.07, 6.45) is 1.88. The molecule has 0 bridgehead atoms. The van der Waals surface area contributed by atoms with Gasteiger partial charge in [0.2, 0.25) is 0 Å². The van der Waals surface area contributed by atoms with Gasteiger partial charge in [-0.1, -0.05) is 20.8 Å². The topological polar surface area (TPSA) is 64.1 Å². The molecule has 1 atom stereocenters. The molecule has 1 rings (SSSR count). The van der Waals surface area contributed by atoms with E-state index in [2.05, 4.69) is 25.9 Å². The molecule has 80 valence electrons. The number of aromatic nitrogens is 2. The van der Waals surface area contributed by atoms with E-state index in [9.17, 15) is 0 Å². The Morgan fingerprint density at radius 1 is 1.57 bits per heavy atom. The average Bonchev–Trinajstić information content (AvgIpc) is 2.45. The second-order valence-corrected chi connectivity index (χ2v) is 4.65. The Hall–Kier alpha value is -0.870. The number of hydrogen-bond acceptors (Lipinski definition) is 3. The fraction of sp³-hybridized carbons (Fsp3) is 0.700. The highest BCUT2D eigenvalue weighted by Gasteiger charge is 2.24. The largest absolute Gasteiger partial charge is 0.394 e. The summed E-state index contributed by atoms with van der Waals surface area (Å²) in [5, 5.41) is 13.4. The van der Waals surface area contributed by atoms with Crippen molar-refractivity contribution in [3.8, 4) is 0 Å². The molecule has 0 radical (unpaired) electrons. The summed E-state index contributed by atoms with van der Waals surface area (Å²) in [5.74, 6) is 0. The number of aliphatic hydroxyl groups is 1. The molecule has 4 heteroatoms. The quantitative estimate of drug-likeness (QED) is 0.734. The van der Waals surface area contributed by atoms with Crippen LogP contribution < -0.4 is 5.73 Å². The van der Waals surface area contributed by atoms with Gasteiger partial charge in [-0.3, -0.25) is 4.68 Å². The second kappa shape index (κ2) is 3.71. The Morgan fingerprint density at radius 3 is 2.57 bits per heavy atom. The van der Waals surface area contributed by atoms with Gasteiger partial charge in [0.25, 0.3) is 0 Å². The Bertz CT molecular complexity index is 312. The highest BCUT2D eigenvalue weighted by molar-refractivity contribution is 5.27. The monoisotopic (exact) mass is 197 g/mol. The molecular weight excluding hydrogens is 178 g/mol. The fourth-order valence-electron chi connectivity index (χ4n) is 1.46. The van der Waals surface area contributed by atoms with Crippen LogP contribution in [0.3, 0.4) is 0 Å². The van der Waals surface area contributed by atoms with Crippen molar-refractivity contribution in [3.63, 3.8) is 0 Å². The maximum atomic E-state index is 9.03. The molecule has 0 aliphatic carbocycles. The third kappa shape index (κ3) is 2.13. The number of hydrogen-bond donors (Lipinski definition) is 2. The van der Waals surface area contributed by atoms with E-state index < -0.39 is 0 Å². The van der Waals surface area contributed by atoms with E-state index in [4.69, 9.17) is 10.8 Å². The first-order chi connectivity index (χ1) is 6.36. The first-order valence-electron chi connectivity index (χ1n) is 4.76. The first kappa shape index (κ1) is 11.2. The van der Waals surface area contributed by atoms with Gasteiger partial charge in [-0.2, -0.15) is 5.10 Å². The average molecular weight is 197 g/mol. The zero-order valence-corrected chi connectivity index (χ0v) is 9.28. The molecule has 0 amide bonds. The van der Waals surface area contributed by atoms with Crippen LogP contribution in [-0.4, -0.2) is 21.5 Å². The van der Waals surface area contributed by atoms with Crippen molar-refractivity contribution in [3.05, 3.63) is 17.5 Å². The molecule has 0 saturated heterocycles. The van der Waals surface area contributed by atoms with E-state index in [1.54, 1.807) is 4.68 Å². The standard InChI is InChI=1S/C10H19N3O/c1-10(2,3)9-7(8(11)6-14)5-13(4)12-9/h5,8,14H,6,11H2,1-4H3. The summed E-state index contributed by atoms with van der Waals surface area (Å²) in [5.41, 5.74) is 7.66. The maximum absolute atomic E-state index is 9.03. The molecule has 0 aliphatic rings. The highest BCUT2D eigenvalue weighted by atomic mass is 16.3. The number of rotatable bonds is 2. The third-order valence-corrected chi connectivity index (χ3v) is 2.16. The molecule has 0 fully saturated rings. The molecular formula is C10H19N3O. The van der Waals surface area contributed by atoms with Crippen LogP contribution in [-0.2, 0) is 12.5 Å². The fourth-order valence-corrected chi connectivity index (χ4v) is 1.46. The van der Waals surface area contributed by atoms with Crippen LogP contribution in [0.25, 0.3) is 0 Å². The van der Waals surface area contributed by atoms with E-state index in [0.29, 0.717) is 0 Å². The zero-order valence-electron chi connectivity index (χ0n) is 9.28. The van der Waals surface area contributed by atoms with Gasteiger partial charge >= 0.3 is 0 Å². The summed E-state index contributed by atoms with van der Waals surface area (Å²) in [7, 11) is 1.86. The molecule has 0 saturated carbocycles. The van der Waals surface area contributed by atoms with Crippen molar-refractivity contribution in [2.75, 3.05) is 6.61 Å². The number of nitrogens with two attached hydrogens (primary N) is 1. The number of aliphatic hydroxyl groups excluding tert-OH is 1. The van der Waals surface area contributed by atoms with Crippen LogP contribution >= 0.6 is 0 Å². The van der Waals surface area contributed by atoms with Crippen molar-refractivity contribution in [1.29, 1.82) is 0 Å². The van der Waals surface area contributed by atoms with Crippen LogP contribution in [0.5, 0.6) is 0 Å². The van der Waals surface area contributed by atoms with Gasteiger partial charge in [0, 0.05) is 24.2 Å². The lowest BCUT2D eigenvalue weighted by molar-refractivity contribution is 0.266. The van der Waals surface area contributed by atoms with Crippen molar-refractivity contribution < 1.29 is 5.11 Å². The van der Waals surface area contributed by atoms with E-state index in [-0.39, 0.29) is 18.1 Å². The molecule has 1 unspecified atom stereocenters. The Morgan fingerprint density at radius 2 is 2.14 bits per heavy atom. The number of nitrogens with zero attached hydrogens (tertiary/aromatic N) is 2. The Balaban J connectivity index is 3.16. The van der Waals surface area contributed by atoms with E-state index >= 15 is 0 Å². The minimum Gasteiger partial charge on any atom is -0.394 e. The molecule has 14 heavy (non-hydrogen) atoms. The predicted molar refractivity (Wildman–Crippen MR) is 55.9 cm³/mol. The molecule has 0 spiro atoms. The lowest BCUT2D eigenvalue weighted by Crippen LogP contribution is -2.21. The third-order valence-electron chi connectivity index (χ3n) is 2.16. The SMILES string of the molecule is Cn1cc(C(N)CO)c(C(C)(C)C)n1. The minimum absolute atomic E-state index is 0.0383. The zero-order chi connectivity index (χ0) is 10.9. The normalized spacial score (nSPS) is 14.4. The van der Waals surface area contributed by atoms with Crippen LogP contribution in [0, 0.1) is 0 Å². The van der Waals surface area contributed by atoms with Crippen molar-refractivity contribution in [1.82, 2.24) is 9.78 Å². The second-order valence-electron chi connectivity index (χ2n) is 4.65. The van der Waals surface area contributed by atoms with E-state index in [1.165, 1.54) is 0 Å². The molecule has 3 N–H and O–H groups in total. The molecule has 1 aromatic rings. The molecule has 1 heterocycles. The minimum atomic E-state index is -0.335. The molecule has 4 nitrogen and oxygen atoms in total. The van der Waals surface area contributed by atoms with Crippen molar-refractivity contribution in [2.45, 2.75) is 32.2 Å². The highest BCUT2D eigenvalue weighted by Crippen LogP contribution is 2.27. The predicted octanol–water partition coefficient (Wildman–Crippen LogP) is 0.710. The van der Waals surface area contributed by atoms with E-state index in [1.807, 2.05) is 13.2 Å². The van der Waals surface area contributed by atoms with Gasteiger partial charge in [0.1, 0.15) is 0 Å². The van der Waals surface area contributed by atoms with Gasteiger partial charge in [-0.05, 0) is 0 Å². The lowest BCUT2D eigenvalue weighted by Gasteiger charge is -2.19. The molecule has 0 aliphatic heterocycles. The summed E-state index contributed by atoms with van der Waals surface area (Å²) < 4.78 is 1.74. The first-order valence-corrected chi connectivity index (χ1v) is 4.76.